The summed E-state index contributed by atoms with van der Waals surface area (Å²) >= 11 is 0. The SMILES string of the molecule is COc1ccc(S(=O)(=O)N[C@@H]2CC(C)(C)Oc3ccccc32)cc1C(=O)N1CCCCCC1. The van der Waals surface area contributed by atoms with Gasteiger partial charge in [-0.25, -0.2) is 13.1 Å². The molecule has 1 saturated heterocycles. The van der Waals surface area contributed by atoms with Crippen LogP contribution in [-0.4, -0.2) is 45.0 Å². The lowest BCUT2D eigenvalue weighted by molar-refractivity contribution is 0.0701. The van der Waals surface area contributed by atoms with E-state index in [-0.39, 0.29) is 16.4 Å². The van der Waals surface area contributed by atoms with Crippen molar-refractivity contribution in [3.8, 4) is 11.5 Å². The van der Waals surface area contributed by atoms with E-state index in [0.29, 0.717) is 31.0 Å². The van der Waals surface area contributed by atoms with Crippen LogP contribution in [0, 0.1) is 0 Å². The summed E-state index contributed by atoms with van der Waals surface area (Å²) in [5.41, 5.74) is 0.555. The van der Waals surface area contributed by atoms with E-state index in [4.69, 9.17) is 9.47 Å². The van der Waals surface area contributed by atoms with E-state index in [2.05, 4.69) is 4.72 Å². The third-order valence-electron chi connectivity index (χ3n) is 6.28. The quantitative estimate of drug-likeness (QED) is 0.702. The number of nitrogens with zero attached hydrogens (tertiary/aromatic N) is 1. The van der Waals surface area contributed by atoms with E-state index in [1.165, 1.54) is 19.2 Å². The maximum atomic E-state index is 13.4. The summed E-state index contributed by atoms with van der Waals surface area (Å²) in [5, 5.41) is 0. The summed E-state index contributed by atoms with van der Waals surface area (Å²) in [6.07, 6.45) is 4.59. The number of amides is 1. The minimum absolute atomic E-state index is 0.0447. The van der Waals surface area contributed by atoms with Crippen LogP contribution in [0.2, 0.25) is 0 Å². The minimum atomic E-state index is -3.90. The lowest BCUT2D eigenvalue weighted by Crippen LogP contribution is -2.41. The van der Waals surface area contributed by atoms with Gasteiger partial charge in [0.2, 0.25) is 10.0 Å². The number of methoxy groups -OCH3 is 1. The lowest BCUT2D eigenvalue weighted by Gasteiger charge is -2.37. The molecule has 0 aliphatic carbocycles. The van der Waals surface area contributed by atoms with Crippen molar-refractivity contribution in [2.45, 2.75) is 62.5 Å². The highest BCUT2D eigenvalue weighted by Crippen LogP contribution is 2.40. The number of nitrogens with one attached hydrogen (secondary N) is 1. The number of benzene rings is 2. The van der Waals surface area contributed by atoms with Crippen molar-refractivity contribution in [2.24, 2.45) is 0 Å². The van der Waals surface area contributed by atoms with Crippen molar-refractivity contribution in [3.05, 3.63) is 53.6 Å². The molecule has 0 spiro atoms. The summed E-state index contributed by atoms with van der Waals surface area (Å²) < 4.78 is 41.1. The van der Waals surface area contributed by atoms with Crippen LogP contribution in [0.15, 0.2) is 47.4 Å². The molecule has 8 heteroatoms. The fraction of sp³-hybridized carbons (Fsp3) is 0.480. The first kappa shape index (κ1) is 23.6. The molecule has 2 aromatic carbocycles. The van der Waals surface area contributed by atoms with E-state index < -0.39 is 21.7 Å². The number of hydrogen-bond donors (Lipinski definition) is 1. The van der Waals surface area contributed by atoms with E-state index in [1.54, 1.807) is 11.0 Å². The summed E-state index contributed by atoms with van der Waals surface area (Å²) in [7, 11) is -2.42. The van der Waals surface area contributed by atoms with Gasteiger partial charge in [-0.15, -0.1) is 0 Å². The number of carbonyl (C=O) groups excluding carboxylic acids is 1. The number of rotatable bonds is 5. The molecule has 33 heavy (non-hydrogen) atoms. The third kappa shape index (κ3) is 5.17. The predicted octanol–water partition coefficient (Wildman–Crippen LogP) is 4.29. The number of likely N-dealkylation sites (tertiary alicyclic amines) is 1. The lowest BCUT2D eigenvalue weighted by atomic mass is 9.90. The fourth-order valence-corrected chi connectivity index (χ4v) is 5.87. The van der Waals surface area contributed by atoms with Gasteiger partial charge in [0.05, 0.1) is 23.6 Å². The highest BCUT2D eigenvalue weighted by molar-refractivity contribution is 7.89. The minimum Gasteiger partial charge on any atom is -0.496 e. The molecule has 0 unspecified atom stereocenters. The van der Waals surface area contributed by atoms with Crippen molar-refractivity contribution >= 4 is 15.9 Å². The molecule has 7 nitrogen and oxygen atoms in total. The van der Waals surface area contributed by atoms with Crippen LogP contribution in [0.5, 0.6) is 11.5 Å². The maximum absolute atomic E-state index is 13.4. The summed E-state index contributed by atoms with van der Waals surface area (Å²) in [5.74, 6) is 0.859. The van der Waals surface area contributed by atoms with E-state index in [9.17, 15) is 13.2 Å². The first-order chi connectivity index (χ1) is 15.7. The van der Waals surface area contributed by atoms with Gasteiger partial charge in [0.15, 0.2) is 0 Å². The molecule has 2 aromatic rings. The molecule has 178 valence electrons. The Morgan fingerprint density at radius 1 is 1.09 bits per heavy atom. The summed E-state index contributed by atoms with van der Waals surface area (Å²) in [4.78, 5) is 15.1. The molecule has 0 radical (unpaired) electrons. The number of ether oxygens (including phenoxy) is 2. The molecule has 1 amide bonds. The number of carbonyl (C=O) groups is 1. The number of hydrogen-bond acceptors (Lipinski definition) is 5. The van der Waals surface area contributed by atoms with Crippen LogP contribution in [-0.2, 0) is 10.0 Å². The van der Waals surface area contributed by atoms with Crippen molar-refractivity contribution in [1.29, 1.82) is 0 Å². The Kier molecular flexibility index (Phi) is 6.68. The van der Waals surface area contributed by atoms with Crippen molar-refractivity contribution in [3.63, 3.8) is 0 Å². The number of fused-ring (bicyclic) bond motifs is 1. The Bertz CT molecular complexity index is 1120. The van der Waals surface area contributed by atoms with Crippen LogP contribution in [0.25, 0.3) is 0 Å². The molecule has 1 fully saturated rings. The highest BCUT2D eigenvalue weighted by Gasteiger charge is 2.36. The van der Waals surface area contributed by atoms with Gasteiger partial charge in [0, 0.05) is 25.1 Å². The van der Waals surface area contributed by atoms with Gasteiger partial charge in [0.25, 0.3) is 5.91 Å². The monoisotopic (exact) mass is 472 g/mol. The smallest absolute Gasteiger partial charge is 0.257 e. The van der Waals surface area contributed by atoms with Gasteiger partial charge < -0.3 is 14.4 Å². The zero-order chi connectivity index (χ0) is 23.6. The highest BCUT2D eigenvalue weighted by atomic mass is 32.2. The number of para-hydroxylation sites is 1. The fourth-order valence-electron chi connectivity index (χ4n) is 4.63. The first-order valence-corrected chi connectivity index (χ1v) is 13.0. The number of sulfonamides is 1. The molecule has 2 heterocycles. The van der Waals surface area contributed by atoms with Gasteiger partial charge in [-0.2, -0.15) is 0 Å². The van der Waals surface area contributed by atoms with Gasteiger partial charge >= 0.3 is 0 Å². The molecule has 0 saturated carbocycles. The Morgan fingerprint density at radius 2 is 1.79 bits per heavy atom. The largest absolute Gasteiger partial charge is 0.496 e. The van der Waals surface area contributed by atoms with E-state index in [1.807, 2.05) is 38.1 Å². The zero-order valence-corrected chi connectivity index (χ0v) is 20.3. The second-order valence-electron chi connectivity index (χ2n) is 9.35. The third-order valence-corrected chi connectivity index (χ3v) is 7.75. The molecule has 4 rings (SSSR count). The topological polar surface area (TPSA) is 84.9 Å². The van der Waals surface area contributed by atoms with Crippen LogP contribution >= 0.6 is 0 Å². The molecule has 0 bridgehead atoms. The first-order valence-electron chi connectivity index (χ1n) is 11.5. The molecule has 1 N–H and O–H groups in total. The van der Waals surface area contributed by atoms with Gasteiger partial charge in [0.1, 0.15) is 17.1 Å². The average Bonchev–Trinajstić information content (AvgIpc) is 3.07. The van der Waals surface area contributed by atoms with E-state index in [0.717, 1.165) is 31.2 Å². The molecule has 0 aromatic heterocycles. The summed E-state index contributed by atoms with van der Waals surface area (Å²) in [6.45, 7) is 5.22. The second-order valence-corrected chi connectivity index (χ2v) is 11.1. The molecular formula is C25H32N2O5S. The Morgan fingerprint density at radius 3 is 2.48 bits per heavy atom. The van der Waals surface area contributed by atoms with Crippen LogP contribution in [0.1, 0.15) is 67.9 Å². The van der Waals surface area contributed by atoms with Gasteiger partial charge in [-0.3, -0.25) is 4.79 Å². The van der Waals surface area contributed by atoms with Crippen molar-refractivity contribution < 1.29 is 22.7 Å². The normalized spacial score (nSPS) is 20.3. The van der Waals surface area contributed by atoms with Crippen LogP contribution < -0.4 is 14.2 Å². The molecule has 2 aliphatic rings. The van der Waals surface area contributed by atoms with Gasteiger partial charge in [-0.1, -0.05) is 31.0 Å². The predicted molar refractivity (Wildman–Crippen MR) is 126 cm³/mol. The molecular weight excluding hydrogens is 440 g/mol. The van der Waals surface area contributed by atoms with E-state index >= 15 is 0 Å². The average molecular weight is 473 g/mol. The van der Waals surface area contributed by atoms with Crippen LogP contribution in [0.4, 0.5) is 0 Å². The summed E-state index contributed by atoms with van der Waals surface area (Å²) in [6, 6.07) is 11.5. The maximum Gasteiger partial charge on any atom is 0.257 e. The standard InChI is InChI=1S/C25H32N2O5S/c1-25(2)17-21(19-10-6-7-11-23(19)32-25)26-33(29,30)18-12-13-22(31-3)20(16-18)24(28)27-14-8-4-5-9-15-27/h6-7,10-13,16,21,26H,4-5,8-9,14-15,17H2,1-3H3/t21-/m1/s1. The van der Waals surface area contributed by atoms with Gasteiger partial charge in [-0.05, 0) is 51.0 Å². The molecule has 2 aliphatic heterocycles. The van der Waals surface area contributed by atoms with Crippen molar-refractivity contribution in [1.82, 2.24) is 9.62 Å². The second kappa shape index (κ2) is 9.35. The Balaban J connectivity index is 1.64. The Hall–Kier alpha value is -2.58. The van der Waals surface area contributed by atoms with Crippen LogP contribution in [0.3, 0.4) is 0 Å². The van der Waals surface area contributed by atoms with Crippen molar-refractivity contribution in [2.75, 3.05) is 20.2 Å². The zero-order valence-electron chi connectivity index (χ0n) is 19.5. The molecule has 1 atom stereocenters. The Labute approximate surface area is 196 Å².